The Balaban J connectivity index is 0.000000547. The third-order valence-corrected chi connectivity index (χ3v) is 5.61. The molecule has 1 aromatic rings. The molecule has 4 N–H and O–H groups in total. The second-order valence-corrected chi connectivity index (χ2v) is 10.2. The molecule has 32 heavy (non-hydrogen) atoms. The van der Waals surface area contributed by atoms with Crippen molar-refractivity contribution in [1.29, 1.82) is 0 Å². The zero-order valence-electron chi connectivity index (χ0n) is 19.3. The molecular weight excluding hydrogens is 539 g/mol. The summed E-state index contributed by atoms with van der Waals surface area (Å²) in [6.07, 6.45) is 7.17. The Morgan fingerprint density at radius 1 is 1.06 bits per heavy atom. The fourth-order valence-corrected chi connectivity index (χ4v) is 3.95. The first-order valence-electron chi connectivity index (χ1n) is 10.7. The number of amides is 3. The van der Waals surface area contributed by atoms with E-state index in [0.29, 0.717) is 32.5 Å². The molecule has 7 nitrogen and oxygen atoms in total. The first kappa shape index (κ1) is 28.4. The molecule has 1 aliphatic rings. The zero-order valence-corrected chi connectivity index (χ0v) is 22.3. The van der Waals surface area contributed by atoms with Crippen LogP contribution in [0.2, 0.25) is 0 Å². The monoisotopic (exact) mass is 574 g/mol. The first-order valence-corrected chi connectivity index (χ1v) is 14.1. The summed E-state index contributed by atoms with van der Waals surface area (Å²) in [5, 5.41) is 8.44. The van der Waals surface area contributed by atoms with E-state index < -0.39 is 0 Å². The van der Waals surface area contributed by atoms with E-state index >= 15 is 0 Å². The number of carbonyl (C=O) groups is 3. The van der Waals surface area contributed by atoms with E-state index in [4.69, 9.17) is 0 Å². The number of hydrogen-bond acceptors (Lipinski definition) is 5. The van der Waals surface area contributed by atoms with E-state index in [9.17, 15) is 14.4 Å². The number of hydrogen-bond donors (Lipinski definition) is 4. The van der Waals surface area contributed by atoms with Crippen LogP contribution < -0.4 is 20.7 Å². The maximum Gasteiger partial charge on any atom is 0.222 e. The lowest BCUT2D eigenvalue weighted by atomic mass is 9.93. The maximum absolute atomic E-state index is 11.9. The lowest BCUT2D eigenvalue weighted by molar-refractivity contribution is -0.122. The van der Waals surface area contributed by atoms with E-state index in [1.165, 1.54) is 27.2 Å². The van der Waals surface area contributed by atoms with Gasteiger partial charge in [0.1, 0.15) is 0 Å². The molecule has 1 aliphatic carbocycles. The van der Waals surface area contributed by atoms with Gasteiger partial charge in [0.15, 0.2) is 0 Å². The molecule has 9 heteroatoms. The van der Waals surface area contributed by atoms with Crippen LogP contribution in [0.15, 0.2) is 24.3 Å². The number of nitrogens with one attached hydrogen (secondary N) is 4. The molecule has 1 aromatic carbocycles. The van der Waals surface area contributed by atoms with E-state index in [2.05, 4.69) is 66.2 Å². The van der Waals surface area contributed by atoms with Gasteiger partial charge in [-0.25, -0.2) is 0 Å². The fourth-order valence-electron chi connectivity index (χ4n) is 3.11. The van der Waals surface area contributed by atoms with Crippen LogP contribution in [0.1, 0.15) is 63.6 Å². The molecule has 0 atom stereocenters. The number of fused-ring (bicyclic) bond motifs is 1. The van der Waals surface area contributed by atoms with Gasteiger partial charge in [-0.1, -0.05) is 30.4 Å². The summed E-state index contributed by atoms with van der Waals surface area (Å²) in [5.41, 5.74) is 3.64. The lowest BCUT2D eigenvalue weighted by Gasteiger charge is -2.18. The number of allylic oxidation sites excluding steroid dienone is 1. The molecule has 0 bridgehead atoms. The van der Waals surface area contributed by atoms with Crippen molar-refractivity contribution in [2.75, 3.05) is 13.1 Å². The van der Waals surface area contributed by atoms with Crippen LogP contribution in [-0.2, 0) is 27.3 Å². The number of carbonyl (C=O) groups excluding carboxylic acids is 3. The highest BCUT2D eigenvalue weighted by atomic mass is 127. The normalized spacial score (nSPS) is 12.2. The topological polar surface area (TPSA) is 99.3 Å². The van der Waals surface area contributed by atoms with Gasteiger partial charge in [-0.15, -0.1) is 0 Å². The van der Waals surface area contributed by atoms with Crippen LogP contribution >= 0.6 is 30.3 Å². The molecule has 2 rings (SSSR count). The Morgan fingerprint density at radius 3 is 2.38 bits per heavy atom. The Morgan fingerprint density at radius 2 is 1.75 bits per heavy atom. The van der Waals surface area contributed by atoms with Gasteiger partial charge in [-0.3, -0.25) is 19.1 Å². The predicted octanol–water partition coefficient (Wildman–Crippen LogP) is 3.67. The highest BCUT2D eigenvalue weighted by Crippen LogP contribution is 2.22. The van der Waals surface area contributed by atoms with Crippen molar-refractivity contribution in [3.63, 3.8) is 0 Å². The summed E-state index contributed by atoms with van der Waals surface area (Å²) < 4.78 is 3.00. The summed E-state index contributed by atoms with van der Waals surface area (Å²) in [7, 11) is 1.46. The second kappa shape index (κ2) is 15.3. The molecule has 0 radical (unpaired) electrons. The van der Waals surface area contributed by atoms with Crippen LogP contribution in [0.3, 0.4) is 0 Å². The number of aryl methyl sites for hydroxylation is 1. The van der Waals surface area contributed by atoms with Gasteiger partial charge in [-0.05, 0) is 59.4 Å². The molecule has 0 unspecified atom stereocenters. The standard InChI is InChI=1S/C17H22IN3O2S.C6H13NO/c18-24-21-11-9-16(22)19-10-8-17(23)20-12-14-6-3-5-13-4-1-2-7-15(13)14;1-5(8)7-6(2,3)4/h2-3,5-7,21H,1,4,8-12H2,(H,19,22)(H,20,23);1-4H3,(H,7,8). The van der Waals surface area contributed by atoms with Crippen molar-refractivity contribution < 1.29 is 14.4 Å². The maximum atomic E-state index is 11.9. The van der Waals surface area contributed by atoms with E-state index in [1.807, 2.05) is 26.8 Å². The summed E-state index contributed by atoms with van der Waals surface area (Å²) in [6.45, 7) is 8.90. The number of benzene rings is 1. The molecule has 0 heterocycles. The minimum atomic E-state index is -0.0775. The molecule has 0 aromatic heterocycles. The molecule has 0 fully saturated rings. The predicted molar refractivity (Wildman–Crippen MR) is 141 cm³/mol. The molecule has 3 amide bonds. The van der Waals surface area contributed by atoms with Gasteiger partial charge in [-0.2, -0.15) is 0 Å². The SMILES string of the molecule is CC(=O)NC(C)(C)C.O=C(CCNSI)NCCC(=O)NCc1cccc2c1C=CCC2. The van der Waals surface area contributed by atoms with Crippen molar-refractivity contribution in [2.24, 2.45) is 0 Å². The molecule has 0 saturated carbocycles. The van der Waals surface area contributed by atoms with E-state index in [0.717, 1.165) is 18.4 Å². The smallest absolute Gasteiger partial charge is 0.222 e. The number of rotatable bonds is 9. The zero-order chi connectivity index (χ0) is 24.0. The van der Waals surface area contributed by atoms with Gasteiger partial charge >= 0.3 is 0 Å². The minimum absolute atomic E-state index is 0.0255. The molecular formula is C23H35IN4O3S. The van der Waals surface area contributed by atoms with Gasteiger partial charge in [0, 0.05) is 66.1 Å². The summed E-state index contributed by atoms with van der Waals surface area (Å²) in [4.78, 5) is 33.8. The van der Waals surface area contributed by atoms with Crippen LogP contribution in [0.25, 0.3) is 6.08 Å². The highest BCUT2D eigenvalue weighted by Gasteiger charge is 2.10. The second-order valence-electron chi connectivity index (χ2n) is 8.46. The molecule has 0 saturated heterocycles. The quantitative estimate of drug-likeness (QED) is 0.205. The Kier molecular flexibility index (Phi) is 13.6. The fraction of sp³-hybridized carbons (Fsp3) is 0.522. The van der Waals surface area contributed by atoms with E-state index in [-0.39, 0.29) is 23.3 Å². The minimum Gasteiger partial charge on any atom is -0.356 e. The Hall–Kier alpha value is -1.59. The van der Waals surface area contributed by atoms with Crippen LogP contribution in [0, 0.1) is 0 Å². The summed E-state index contributed by atoms with van der Waals surface area (Å²) in [6, 6.07) is 6.24. The van der Waals surface area contributed by atoms with Crippen LogP contribution in [0.5, 0.6) is 0 Å². The number of halogens is 1. The first-order chi connectivity index (χ1) is 15.1. The van der Waals surface area contributed by atoms with Gasteiger partial charge in [0.05, 0.1) is 0 Å². The van der Waals surface area contributed by atoms with Crippen LogP contribution in [-0.4, -0.2) is 36.3 Å². The van der Waals surface area contributed by atoms with Crippen LogP contribution in [0.4, 0.5) is 0 Å². The summed E-state index contributed by atoms with van der Waals surface area (Å²) in [5.74, 6) is -0.0610. The van der Waals surface area contributed by atoms with Crippen molar-refractivity contribution in [3.05, 3.63) is 41.0 Å². The lowest BCUT2D eigenvalue weighted by Crippen LogP contribution is -2.38. The van der Waals surface area contributed by atoms with Crippen molar-refractivity contribution in [3.8, 4) is 0 Å². The van der Waals surface area contributed by atoms with Crippen molar-refractivity contribution in [2.45, 2.75) is 65.5 Å². The highest BCUT2D eigenvalue weighted by molar-refractivity contribution is 14.2. The average molecular weight is 575 g/mol. The average Bonchev–Trinajstić information content (AvgIpc) is 2.71. The van der Waals surface area contributed by atoms with Gasteiger partial charge in [0.2, 0.25) is 17.7 Å². The third kappa shape index (κ3) is 13.1. The van der Waals surface area contributed by atoms with E-state index in [1.54, 1.807) is 0 Å². The van der Waals surface area contributed by atoms with Crippen molar-refractivity contribution >= 4 is 54.1 Å². The molecule has 0 aliphatic heterocycles. The molecule has 178 valence electrons. The van der Waals surface area contributed by atoms with Gasteiger partial charge < -0.3 is 16.0 Å². The Bertz CT molecular complexity index is 794. The summed E-state index contributed by atoms with van der Waals surface area (Å²) >= 11 is 2.12. The largest absolute Gasteiger partial charge is 0.356 e. The van der Waals surface area contributed by atoms with Gasteiger partial charge in [0.25, 0.3) is 0 Å². The third-order valence-electron chi connectivity index (χ3n) is 4.36. The van der Waals surface area contributed by atoms with Crippen molar-refractivity contribution in [1.82, 2.24) is 20.7 Å². The Labute approximate surface area is 208 Å². The molecule has 0 spiro atoms.